The molecule has 0 bridgehead atoms. The highest BCUT2D eigenvalue weighted by Gasteiger charge is 2.20. The number of hydrogen-bond donors (Lipinski definition) is 3. The molecule has 0 radical (unpaired) electrons. The molecule has 1 aliphatic rings. The lowest BCUT2D eigenvalue weighted by Gasteiger charge is -2.32. The molecule has 0 saturated carbocycles. The van der Waals surface area contributed by atoms with Crippen LogP contribution >= 0.6 is 12.6 Å². The summed E-state index contributed by atoms with van der Waals surface area (Å²) in [6, 6.07) is 12.5. The summed E-state index contributed by atoms with van der Waals surface area (Å²) in [7, 11) is 0. The molecule has 0 saturated heterocycles. The standard InChI is InChI=1S/C20H22N6O4S/c1-13(19(29)30)25(16-7-5-14(12-27)6-8-16)10-9-18(28)21-15-3-2-4-17(11-15)26-20(31)22-23-24-26/h2-8,11-13,20,31H,9-10H2,1H3,(H,21,28)(H,22,24)(H,29,30)/p-1. The summed E-state index contributed by atoms with van der Waals surface area (Å²) < 4.78 is 0. The molecule has 0 aromatic heterocycles. The Labute approximate surface area is 184 Å². The number of hydrogen-bond acceptors (Lipinski definition) is 10. The minimum absolute atomic E-state index is 0.0408. The highest BCUT2D eigenvalue weighted by atomic mass is 32.1. The van der Waals surface area contributed by atoms with Crippen LogP contribution in [0.25, 0.3) is 0 Å². The van der Waals surface area contributed by atoms with Crippen molar-refractivity contribution in [2.45, 2.75) is 24.9 Å². The van der Waals surface area contributed by atoms with Crippen LogP contribution in [0.3, 0.4) is 0 Å². The number of nitrogens with one attached hydrogen (secondary N) is 2. The highest BCUT2D eigenvalue weighted by molar-refractivity contribution is 7.81. The Morgan fingerprint density at radius 2 is 2.06 bits per heavy atom. The quantitative estimate of drug-likeness (QED) is 0.396. The van der Waals surface area contributed by atoms with Gasteiger partial charge in [-0.1, -0.05) is 11.3 Å². The molecule has 11 heteroatoms. The number of thiol groups is 1. The molecule has 0 aliphatic carbocycles. The van der Waals surface area contributed by atoms with Gasteiger partial charge in [-0.15, -0.1) is 17.7 Å². The van der Waals surface area contributed by atoms with Crippen LogP contribution in [0, 0.1) is 0 Å². The van der Waals surface area contributed by atoms with Gasteiger partial charge in [0.25, 0.3) is 0 Å². The zero-order valence-corrected chi connectivity index (χ0v) is 17.5. The van der Waals surface area contributed by atoms with E-state index in [1.54, 1.807) is 52.4 Å². The Hall–Kier alpha value is -3.60. The molecule has 1 heterocycles. The van der Waals surface area contributed by atoms with Gasteiger partial charge in [-0.05, 0) is 49.4 Å². The van der Waals surface area contributed by atoms with Gasteiger partial charge in [0.05, 0.1) is 17.7 Å². The largest absolute Gasteiger partial charge is 0.548 e. The predicted molar refractivity (Wildman–Crippen MR) is 117 cm³/mol. The zero-order chi connectivity index (χ0) is 22.4. The van der Waals surface area contributed by atoms with E-state index in [0.717, 1.165) is 0 Å². The van der Waals surface area contributed by atoms with Crippen LogP contribution < -0.4 is 25.9 Å². The maximum atomic E-state index is 12.5. The van der Waals surface area contributed by atoms with E-state index in [-0.39, 0.29) is 18.9 Å². The molecular weight excluding hydrogens is 420 g/mol. The van der Waals surface area contributed by atoms with Crippen molar-refractivity contribution in [3.8, 4) is 0 Å². The zero-order valence-electron chi connectivity index (χ0n) is 16.6. The van der Waals surface area contributed by atoms with Crippen LogP contribution in [-0.2, 0) is 9.59 Å². The predicted octanol–water partition coefficient (Wildman–Crippen LogP) is 1.38. The van der Waals surface area contributed by atoms with Gasteiger partial charge in [-0.25, -0.2) is 5.01 Å². The second-order valence-electron chi connectivity index (χ2n) is 6.78. The van der Waals surface area contributed by atoms with Gasteiger partial charge < -0.3 is 20.1 Å². The molecule has 2 aromatic carbocycles. The summed E-state index contributed by atoms with van der Waals surface area (Å²) in [6.07, 6.45) is 0.743. The molecule has 162 valence electrons. The third-order valence-corrected chi connectivity index (χ3v) is 5.04. The number of carbonyl (C=O) groups excluding carboxylic acids is 3. The summed E-state index contributed by atoms with van der Waals surface area (Å²) in [6.45, 7) is 1.63. The van der Waals surface area contributed by atoms with E-state index >= 15 is 0 Å². The van der Waals surface area contributed by atoms with Crippen molar-refractivity contribution in [3.63, 3.8) is 0 Å². The molecule has 31 heavy (non-hydrogen) atoms. The second kappa shape index (κ2) is 9.94. The Morgan fingerprint density at radius 1 is 1.32 bits per heavy atom. The number of benzene rings is 2. The van der Waals surface area contributed by atoms with Crippen molar-refractivity contribution in [3.05, 3.63) is 54.1 Å². The number of hydrazine groups is 1. The van der Waals surface area contributed by atoms with Gasteiger partial charge >= 0.3 is 0 Å². The summed E-state index contributed by atoms with van der Waals surface area (Å²) in [5, 5.41) is 23.4. The van der Waals surface area contributed by atoms with E-state index in [2.05, 4.69) is 33.8 Å². The van der Waals surface area contributed by atoms with Crippen LogP contribution in [0.15, 0.2) is 58.9 Å². The number of anilines is 3. The molecular formula is C20H21N6O4S-. The van der Waals surface area contributed by atoms with E-state index in [1.807, 2.05) is 6.07 Å². The van der Waals surface area contributed by atoms with Gasteiger partial charge in [-0.2, -0.15) is 5.53 Å². The Kier molecular flexibility index (Phi) is 7.08. The third-order valence-electron chi connectivity index (χ3n) is 4.70. The fourth-order valence-electron chi connectivity index (χ4n) is 3.02. The maximum Gasteiger partial charge on any atom is 0.226 e. The number of carboxylic acid groups (broad SMARTS) is 1. The Morgan fingerprint density at radius 3 is 2.68 bits per heavy atom. The lowest BCUT2D eigenvalue weighted by atomic mass is 10.1. The van der Waals surface area contributed by atoms with Crippen molar-refractivity contribution < 1.29 is 19.5 Å². The van der Waals surface area contributed by atoms with Gasteiger partial charge in [-0.3, -0.25) is 9.59 Å². The Balaban J connectivity index is 1.65. The molecule has 2 N–H and O–H groups in total. The molecule has 0 spiro atoms. The van der Waals surface area contributed by atoms with Gasteiger partial charge in [0.2, 0.25) is 11.4 Å². The normalized spacial score (nSPS) is 15.8. The van der Waals surface area contributed by atoms with Crippen LogP contribution in [0.4, 0.5) is 17.1 Å². The minimum atomic E-state index is -1.26. The average molecular weight is 441 g/mol. The SMILES string of the molecule is CC(C(=O)[O-])N(CCC(=O)Nc1cccc(N2NN=NC2S)c1)c1ccc(C=O)cc1. The lowest BCUT2D eigenvalue weighted by Crippen LogP contribution is -2.47. The van der Waals surface area contributed by atoms with E-state index in [1.165, 1.54) is 6.92 Å². The van der Waals surface area contributed by atoms with Crippen molar-refractivity contribution in [2.75, 3.05) is 21.8 Å². The van der Waals surface area contributed by atoms with Crippen LogP contribution in [0.1, 0.15) is 23.7 Å². The molecule has 10 nitrogen and oxygen atoms in total. The first-order chi connectivity index (χ1) is 14.9. The Bertz CT molecular complexity index is 984. The number of aliphatic carboxylic acids is 1. The van der Waals surface area contributed by atoms with Crippen molar-refractivity contribution >= 4 is 47.9 Å². The van der Waals surface area contributed by atoms with Crippen molar-refractivity contribution in [2.24, 2.45) is 10.3 Å². The molecule has 2 atom stereocenters. The van der Waals surface area contributed by atoms with Crippen molar-refractivity contribution in [1.82, 2.24) is 5.53 Å². The fraction of sp³-hybridized carbons (Fsp3) is 0.250. The molecule has 0 fully saturated rings. The average Bonchev–Trinajstić information content (AvgIpc) is 3.20. The molecule has 2 unspecified atom stereocenters. The van der Waals surface area contributed by atoms with E-state index in [4.69, 9.17) is 0 Å². The van der Waals surface area contributed by atoms with E-state index < -0.39 is 17.5 Å². The number of rotatable bonds is 9. The summed E-state index contributed by atoms with van der Waals surface area (Å²) in [5.41, 5.74) is 4.55. The van der Waals surface area contributed by atoms with Gasteiger partial charge in [0.15, 0.2) is 0 Å². The lowest BCUT2D eigenvalue weighted by molar-refractivity contribution is -0.307. The number of aldehydes is 1. The third kappa shape index (κ3) is 5.51. The van der Waals surface area contributed by atoms with E-state index in [0.29, 0.717) is 28.9 Å². The number of amides is 1. The first-order valence-corrected chi connectivity index (χ1v) is 9.96. The number of carbonyl (C=O) groups is 3. The topological polar surface area (TPSA) is 130 Å². The molecule has 3 rings (SSSR count). The summed E-state index contributed by atoms with van der Waals surface area (Å²) >= 11 is 4.28. The van der Waals surface area contributed by atoms with Crippen LogP contribution in [-0.4, -0.2) is 36.2 Å². The summed E-state index contributed by atoms with van der Waals surface area (Å²) in [5.74, 6) is -1.55. The number of carboxylic acids is 1. The monoisotopic (exact) mass is 441 g/mol. The maximum absolute atomic E-state index is 12.5. The smallest absolute Gasteiger partial charge is 0.226 e. The highest BCUT2D eigenvalue weighted by Crippen LogP contribution is 2.24. The van der Waals surface area contributed by atoms with E-state index in [9.17, 15) is 19.5 Å². The molecule has 1 amide bonds. The first-order valence-electron chi connectivity index (χ1n) is 9.44. The molecule has 1 aliphatic heterocycles. The van der Waals surface area contributed by atoms with Crippen molar-refractivity contribution in [1.29, 1.82) is 0 Å². The first kappa shape index (κ1) is 22.1. The van der Waals surface area contributed by atoms with Gasteiger partial charge in [0, 0.05) is 29.9 Å². The minimum Gasteiger partial charge on any atom is -0.548 e. The molecule has 2 aromatic rings. The number of nitrogens with zero attached hydrogens (tertiary/aromatic N) is 4. The van der Waals surface area contributed by atoms with Crippen LogP contribution in [0.5, 0.6) is 0 Å². The summed E-state index contributed by atoms with van der Waals surface area (Å²) in [4.78, 5) is 36.3. The fourth-order valence-corrected chi connectivity index (χ4v) is 3.25. The second-order valence-corrected chi connectivity index (χ2v) is 7.24. The van der Waals surface area contributed by atoms with Gasteiger partial charge in [0.1, 0.15) is 6.29 Å². The van der Waals surface area contributed by atoms with Crippen LogP contribution in [0.2, 0.25) is 0 Å².